The number of nitrogens with zero attached hydrogens (tertiary/aromatic N) is 2. The first-order valence-corrected chi connectivity index (χ1v) is 7.81. The Hall–Kier alpha value is -2.16. The lowest BCUT2D eigenvalue weighted by atomic mass is 10.1. The number of hydrogen-bond donors (Lipinski definition) is 1. The van der Waals surface area contributed by atoms with Crippen LogP contribution < -0.4 is 5.32 Å². The number of rotatable bonds is 3. The lowest BCUT2D eigenvalue weighted by Crippen LogP contribution is -2.38. The van der Waals surface area contributed by atoms with E-state index in [0.717, 1.165) is 6.07 Å². The zero-order valence-electron chi connectivity index (χ0n) is 13.7. The van der Waals surface area contributed by atoms with Crippen molar-refractivity contribution in [1.29, 1.82) is 0 Å². The first-order valence-electron chi connectivity index (χ1n) is 7.81. The van der Waals surface area contributed by atoms with E-state index in [2.05, 4.69) is 5.32 Å². The lowest BCUT2D eigenvalue weighted by Gasteiger charge is -2.23. The van der Waals surface area contributed by atoms with Crippen LogP contribution in [0.3, 0.4) is 0 Å². The number of alkyl halides is 3. The molecule has 1 aliphatic rings. The topological polar surface area (TPSA) is 52.7 Å². The highest BCUT2D eigenvalue weighted by atomic mass is 19.4. The highest BCUT2D eigenvalue weighted by Gasteiger charge is 2.32. The molecule has 2 amide bonds. The van der Waals surface area contributed by atoms with Gasteiger partial charge in [0.1, 0.15) is 5.82 Å². The Morgan fingerprint density at radius 2 is 1.88 bits per heavy atom. The van der Waals surface area contributed by atoms with Crippen molar-refractivity contribution in [3.8, 4) is 0 Å². The Bertz CT molecular complexity index is 649. The maximum atomic E-state index is 14.0. The maximum absolute atomic E-state index is 14.0. The van der Waals surface area contributed by atoms with Gasteiger partial charge in [-0.3, -0.25) is 14.5 Å². The lowest BCUT2D eigenvalue weighted by molar-refractivity contribution is -0.145. The molecule has 0 spiro atoms. The maximum Gasteiger partial charge on any atom is 0.401 e. The molecule has 1 aliphatic heterocycles. The number of anilines is 1. The van der Waals surface area contributed by atoms with Gasteiger partial charge in [0.05, 0.1) is 12.1 Å². The van der Waals surface area contributed by atoms with Crippen molar-refractivity contribution in [1.82, 2.24) is 9.80 Å². The van der Waals surface area contributed by atoms with Crippen LogP contribution in [0.25, 0.3) is 0 Å². The van der Waals surface area contributed by atoms with Gasteiger partial charge in [-0.2, -0.15) is 13.2 Å². The molecule has 1 aromatic carbocycles. The summed E-state index contributed by atoms with van der Waals surface area (Å²) in [5.74, 6) is -1.70. The largest absolute Gasteiger partial charge is 0.401 e. The number of amides is 2. The average molecular weight is 361 g/mol. The van der Waals surface area contributed by atoms with Crippen molar-refractivity contribution in [3.63, 3.8) is 0 Å². The van der Waals surface area contributed by atoms with Crippen molar-refractivity contribution in [2.45, 2.75) is 19.5 Å². The van der Waals surface area contributed by atoms with Gasteiger partial charge in [0.25, 0.3) is 5.91 Å². The van der Waals surface area contributed by atoms with Crippen LogP contribution >= 0.6 is 0 Å². The van der Waals surface area contributed by atoms with E-state index >= 15 is 0 Å². The number of benzene rings is 1. The number of hydrogen-bond acceptors (Lipinski definition) is 3. The fourth-order valence-electron chi connectivity index (χ4n) is 2.73. The Morgan fingerprint density at radius 1 is 1.16 bits per heavy atom. The molecule has 0 radical (unpaired) electrons. The standard InChI is InChI=1S/C16H19F4N3O2/c1-11(24)21-12-3-4-14(17)13(9-12)15(25)23-6-2-5-22(7-8-23)10-16(18,19)20/h3-4,9H,2,5-8,10H2,1H3,(H,21,24). The van der Waals surface area contributed by atoms with E-state index in [4.69, 9.17) is 0 Å². The van der Waals surface area contributed by atoms with Gasteiger partial charge < -0.3 is 10.2 Å². The van der Waals surface area contributed by atoms with Gasteiger partial charge in [0, 0.05) is 38.8 Å². The van der Waals surface area contributed by atoms with Crippen LogP contribution in [0.1, 0.15) is 23.7 Å². The van der Waals surface area contributed by atoms with Gasteiger partial charge in [-0.15, -0.1) is 0 Å². The smallest absolute Gasteiger partial charge is 0.337 e. The van der Waals surface area contributed by atoms with E-state index in [-0.39, 0.29) is 43.3 Å². The Morgan fingerprint density at radius 3 is 2.52 bits per heavy atom. The van der Waals surface area contributed by atoms with Crippen molar-refractivity contribution in [2.24, 2.45) is 0 Å². The third-order valence-corrected chi connectivity index (χ3v) is 3.80. The van der Waals surface area contributed by atoms with E-state index in [1.54, 1.807) is 0 Å². The zero-order valence-corrected chi connectivity index (χ0v) is 13.7. The molecule has 0 aliphatic carbocycles. The van der Waals surface area contributed by atoms with E-state index in [1.807, 2.05) is 0 Å². The summed E-state index contributed by atoms with van der Waals surface area (Å²) in [6.45, 7) is 0.877. The van der Waals surface area contributed by atoms with Gasteiger partial charge in [0.2, 0.25) is 5.91 Å². The van der Waals surface area contributed by atoms with Crippen LogP contribution in [0, 0.1) is 5.82 Å². The minimum Gasteiger partial charge on any atom is -0.337 e. The van der Waals surface area contributed by atoms with Crippen molar-refractivity contribution in [3.05, 3.63) is 29.6 Å². The van der Waals surface area contributed by atoms with Crippen LogP contribution in [0.4, 0.5) is 23.2 Å². The molecule has 1 N–H and O–H groups in total. The summed E-state index contributed by atoms with van der Waals surface area (Å²) in [5.41, 5.74) is 0.0706. The number of carbonyl (C=O) groups is 2. The van der Waals surface area contributed by atoms with Crippen LogP contribution in [-0.4, -0.2) is 60.5 Å². The van der Waals surface area contributed by atoms with Crippen LogP contribution in [0.5, 0.6) is 0 Å². The van der Waals surface area contributed by atoms with Gasteiger partial charge in [-0.25, -0.2) is 4.39 Å². The molecule has 0 unspecified atom stereocenters. The molecule has 9 heteroatoms. The first-order chi connectivity index (χ1) is 11.7. The third kappa shape index (κ3) is 5.70. The van der Waals surface area contributed by atoms with E-state index in [0.29, 0.717) is 6.42 Å². The van der Waals surface area contributed by atoms with Crippen molar-refractivity contribution >= 4 is 17.5 Å². The summed E-state index contributed by atoms with van der Waals surface area (Å²) in [6, 6.07) is 3.64. The minimum atomic E-state index is -4.29. The van der Waals surface area contributed by atoms with Gasteiger partial charge in [-0.05, 0) is 24.6 Å². The second-order valence-corrected chi connectivity index (χ2v) is 5.91. The van der Waals surface area contributed by atoms with Crippen LogP contribution in [-0.2, 0) is 4.79 Å². The SMILES string of the molecule is CC(=O)Nc1ccc(F)c(C(=O)N2CCCN(CC(F)(F)F)CC2)c1. The predicted octanol–water partition coefficient (Wildman–Crippen LogP) is 2.49. The van der Waals surface area contributed by atoms with Crippen molar-refractivity contribution in [2.75, 3.05) is 38.0 Å². The number of carbonyl (C=O) groups excluding carboxylic acids is 2. The number of halogens is 4. The normalized spacial score (nSPS) is 16.4. The molecule has 0 aromatic heterocycles. The summed E-state index contributed by atoms with van der Waals surface area (Å²) in [7, 11) is 0. The molecule has 2 rings (SSSR count). The molecule has 1 heterocycles. The second-order valence-electron chi connectivity index (χ2n) is 5.91. The Balaban J connectivity index is 2.09. The fraction of sp³-hybridized carbons (Fsp3) is 0.500. The molecule has 138 valence electrons. The first kappa shape index (κ1) is 19.2. The Kier molecular flexibility index (Phi) is 5.99. The van der Waals surface area contributed by atoms with Crippen LogP contribution in [0.2, 0.25) is 0 Å². The molecular weight excluding hydrogens is 342 g/mol. The fourth-order valence-corrected chi connectivity index (χ4v) is 2.73. The summed E-state index contributed by atoms with van der Waals surface area (Å²) in [5, 5.41) is 2.47. The van der Waals surface area contributed by atoms with E-state index in [9.17, 15) is 27.2 Å². The summed E-state index contributed by atoms with van der Waals surface area (Å²) in [6.07, 6.45) is -3.92. The molecule has 0 saturated carbocycles. The summed E-state index contributed by atoms with van der Waals surface area (Å²) < 4.78 is 51.5. The van der Waals surface area contributed by atoms with Gasteiger partial charge in [-0.1, -0.05) is 0 Å². The summed E-state index contributed by atoms with van der Waals surface area (Å²) in [4.78, 5) is 26.2. The number of nitrogens with one attached hydrogen (secondary N) is 1. The molecule has 1 aromatic rings. The quantitative estimate of drug-likeness (QED) is 0.842. The Labute approximate surface area is 142 Å². The molecule has 0 bridgehead atoms. The average Bonchev–Trinajstić information content (AvgIpc) is 2.72. The van der Waals surface area contributed by atoms with E-state index < -0.39 is 24.4 Å². The minimum absolute atomic E-state index is 0.0677. The molecule has 1 saturated heterocycles. The van der Waals surface area contributed by atoms with Crippen LogP contribution in [0.15, 0.2) is 18.2 Å². The van der Waals surface area contributed by atoms with Crippen molar-refractivity contribution < 1.29 is 27.2 Å². The molecule has 25 heavy (non-hydrogen) atoms. The predicted molar refractivity (Wildman–Crippen MR) is 83.7 cm³/mol. The van der Waals surface area contributed by atoms with Gasteiger partial charge >= 0.3 is 6.18 Å². The third-order valence-electron chi connectivity index (χ3n) is 3.80. The molecular formula is C16H19F4N3O2. The highest BCUT2D eigenvalue weighted by molar-refractivity contribution is 5.97. The van der Waals surface area contributed by atoms with Gasteiger partial charge in [0.15, 0.2) is 0 Å². The molecule has 1 fully saturated rings. The monoisotopic (exact) mass is 361 g/mol. The highest BCUT2D eigenvalue weighted by Crippen LogP contribution is 2.20. The second kappa shape index (κ2) is 7.81. The summed E-state index contributed by atoms with van der Waals surface area (Å²) >= 11 is 0. The zero-order chi connectivity index (χ0) is 18.6. The molecule has 0 atom stereocenters. The van der Waals surface area contributed by atoms with E-state index in [1.165, 1.54) is 28.9 Å². The molecule has 5 nitrogen and oxygen atoms in total.